The molecule has 152 valence electrons. The van der Waals surface area contributed by atoms with Crippen LogP contribution >= 0.6 is 0 Å². The molecule has 1 aromatic heterocycles. The fraction of sp³-hybridized carbons (Fsp3) is 0.647. The lowest BCUT2D eigenvalue weighted by molar-refractivity contribution is 0.0950. The highest BCUT2D eigenvalue weighted by Crippen LogP contribution is 2.38. The smallest absolute Gasteiger partial charge is 0.251 e. The molecule has 1 fully saturated rings. The third kappa shape index (κ3) is 5.77. The van der Waals surface area contributed by atoms with Gasteiger partial charge in [0.25, 0.3) is 5.91 Å². The van der Waals surface area contributed by atoms with E-state index in [9.17, 15) is 17.6 Å². The Morgan fingerprint density at radius 3 is 2.52 bits per heavy atom. The van der Waals surface area contributed by atoms with Crippen LogP contribution in [0, 0.1) is 11.8 Å². The molecule has 0 aliphatic heterocycles. The number of nitrogens with two attached hydrogens (primary N) is 1. The van der Waals surface area contributed by atoms with Gasteiger partial charge in [0.15, 0.2) is 0 Å². The number of rotatable bonds is 9. The summed E-state index contributed by atoms with van der Waals surface area (Å²) in [6.45, 7) is 2.19. The van der Waals surface area contributed by atoms with E-state index < -0.39 is 28.6 Å². The molecular formula is C17H28FN5O3S. The minimum Gasteiger partial charge on any atom is -0.359 e. The molecule has 1 saturated carbocycles. The third-order valence-corrected chi connectivity index (χ3v) is 5.96. The first-order valence-corrected chi connectivity index (χ1v) is 10.6. The van der Waals surface area contributed by atoms with Crippen molar-refractivity contribution in [3.63, 3.8) is 0 Å². The predicted octanol–water partition coefficient (Wildman–Crippen LogP) is 0.596. The van der Waals surface area contributed by atoms with Crippen LogP contribution in [0.3, 0.4) is 0 Å². The summed E-state index contributed by atoms with van der Waals surface area (Å²) < 4.78 is 37.3. The van der Waals surface area contributed by atoms with E-state index in [1.54, 1.807) is 6.07 Å². The highest BCUT2D eigenvalue weighted by atomic mass is 32.2. The Labute approximate surface area is 160 Å². The van der Waals surface area contributed by atoms with Crippen LogP contribution in [0.15, 0.2) is 12.1 Å². The second-order valence-corrected chi connectivity index (χ2v) is 9.29. The summed E-state index contributed by atoms with van der Waals surface area (Å²) in [5, 5.41) is 2.56. The zero-order valence-corrected chi connectivity index (χ0v) is 17.0. The fourth-order valence-electron chi connectivity index (χ4n) is 2.64. The number of carbonyl (C=O) groups excluding carboxylic acids is 1. The van der Waals surface area contributed by atoms with Crippen molar-refractivity contribution in [1.29, 1.82) is 0 Å². The van der Waals surface area contributed by atoms with E-state index in [1.165, 1.54) is 13.1 Å². The largest absolute Gasteiger partial charge is 0.359 e. The Morgan fingerprint density at radius 1 is 1.41 bits per heavy atom. The third-order valence-electron chi connectivity index (χ3n) is 4.78. The van der Waals surface area contributed by atoms with Gasteiger partial charge in [0.2, 0.25) is 10.0 Å². The van der Waals surface area contributed by atoms with Crippen LogP contribution in [0.4, 0.5) is 16.0 Å². The average molecular weight is 402 g/mol. The Hall–Kier alpha value is -1.94. The van der Waals surface area contributed by atoms with Crippen LogP contribution in [0.5, 0.6) is 0 Å². The number of nitrogens with zero attached hydrogens (tertiary/aromatic N) is 3. The molecule has 1 aromatic rings. The molecule has 3 unspecified atom stereocenters. The molecule has 27 heavy (non-hydrogen) atoms. The number of anilines is 2. The Balaban J connectivity index is 2.30. The number of carbonyl (C=O) groups is 1. The van der Waals surface area contributed by atoms with Crippen LogP contribution < -0.4 is 20.3 Å². The lowest BCUT2D eigenvalue weighted by Crippen LogP contribution is -2.38. The predicted molar refractivity (Wildman–Crippen MR) is 104 cm³/mol. The average Bonchev–Trinajstić information content (AvgIpc) is 3.31. The summed E-state index contributed by atoms with van der Waals surface area (Å²) in [7, 11) is -0.299. The molecule has 0 radical (unpaired) electrons. The molecule has 1 aliphatic rings. The first-order valence-electron chi connectivity index (χ1n) is 8.79. The molecule has 1 heterocycles. The Morgan fingerprint density at radius 2 is 2.00 bits per heavy atom. The van der Waals surface area contributed by atoms with Crippen molar-refractivity contribution in [1.82, 2.24) is 10.3 Å². The standard InChI is InChI=1S/C17H28FN5O3S/c1-11-5-13(11)10-22(2)15-6-12(17(24)20-9-14(19)8-18)7-16(21-15)23(3)27(4,25)26/h6-7,11,13-14H,5,8-10,19H2,1-4H3,(H,20,24). The van der Waals surface area contributed by atoms with E-state index >= 15 is 0 Å². The van der Waals surface area contributed by atoms with Crippen molar-refractivity contribution in [2.75, 3.05) is 49.3 Å². The molecule has 0 saturated heterocycles. The summed E-state index contributed by atoms with van der Waals surface area (Å²) >= 11 is 0. The summed E-state index contributed by atoms with van der Waals surface area (Å²) in [6, 6.07) is 2.21. The van der Waals surface area contributed by atoms with Crippen LogP contribution in [0.1, 0.15) is 23.7 Å². The number of hydrogen-bond acceptors (Lipinski definition) is 6. The first-order chi connectivity index (χ1) is 12.5. The van der Waals surface area contributed by atoms with Crippen LogP contribution in [0.2, 0.25) is 0 Å². The van der Waals surface area contributed by atoms with Crippen molar-refractivity contribution in [2.24, 2.45) is 17.6 Å². The maximum absolute atomic E-state index is 12.5. The molecule has 10 heteroatoms. The maximum atomic E-state index is 12.5. The normalized spacial score (nSPS) is 20.1. The minimum absolute atomic E-state index is 0.0142. The van der Waals surface area contributed by atoms with Gasteiger partial charge in [-0.25, -0.2) is 17.8 Å². The molecule has 0 bridgehead atoms. The Kier molecular flexibility index (Phi) is 6.63. The number of alkyl halides is 1. The highest BCUT2D eigenvalue weighted by molar-refractivity contribution is 7.92. The summed E-state index contributed by atoms with van der Waals surface area (Å²) in [6.07, 6.45) is 2.21. The number of aromatic nitrogens is 1. The van der Waals surface area contributed by atoms with Gasteiger partial charge >= 0.3 is 0 Å². The molecule has 0 aromatic carbocycles. The lowest BCUT2D eigenvalue weighted by atomic mass is 10.2. The summed E-state index contributed by atoms with van der Waals surface area (Å²) in [5.74, 6) is 1.40. The van der Waals surface area contributed by atoms with Crippen molar-refractivity contribution in [3.05, 3.63) is 17.7 Å². The van der Waals surface area contributed by atoms with E-state index in [1.807, 2.05) is 11.9 Å². The van der Waals surface area contributed by atoms with Crippen molar-refractivity contribution < 1.29 is 17.6 Å². The number of halogens is 1. The van der Waals surface area contributed by atoms with Gasteiger partial charge in [0, 0.05) is 32.7 Å². The zero-order valence-electron chi connectivity index (χ0n) is 16.1. The topological polar surface area (TPSA) is 109 Å². The van der Waals surface area contributed by atoms with Crippen LogP contribution in [0.25, 0.3) is 0 Å². The van der Waals surface area contributed by atoms with Crippen LogP contribution in [-0.4, -0.2) is 65.5 Å². The maximum Gasteiger partial charge on any atom is 0.251 e. The molecule has 2 rings (SSSR count). The van der Waals surface area contributed by atoms with Crippen molar-refractivity contribution in [3.8, 4) is 0 Å². The first kappa shape index (κ1) is 21.4. The molecule has 3 atom stereocenters. The highest BCUT2D eigenvalue weighted by Gasteiger charge is 2.33. The van der Waals surface area contributed by atoms with Gasteiger partial charge in [-0.15, -0.1) is 0 Å². The van der Waals surface area contributed by atoms with E-state index in [0.717, 1.165) is 23.5 Å². The minimum atomic E-state index is -3.54. The fourth-order valence-corrected chi connectivity index (χ4v) is 3.07. The van der Waals surface area contributed by atoms with E-state index in [4.69, 9.17) is 5.73 Å². The summed E-state index contributed by atoms with van der Waals surface area (Å²) in [5.41, 5.74) is 5.73. The van der Waals surface area contributed by atoms with Gasteiger partial charge in [0.1, 0.15) is 18.3 Å². The zero-order chi connectivity index (χ0) is 20.4. The lowest BCUT2D eigenvalue weighted by Gasteiger charge is -2.23. The van der Waals surface area contributed by atoms with Gasteiger partial charge in [0.05, 0.1) is 12.3 Å². The second-order valence-electron chi connectivity index (χ2n) is 7.28. The van der Waals surface area contributed by atoms with Crippen molar-refractivity contribution >= 4 is 27.6 Å². The van der Waals surface area contributed by atoms with E-state index in [-0.39, 0.29) is 17.9 Å². The SMILES string of the molecule is CC1CC1CN(C)c1cc(C(=O)NCC(N)CF)cc(N(C)S(C)(=O)=O)n1. The molecule has 8 nitrogen and oxygen atoms in total. The Bertz CT molecular complexity index is 789. The van der Waals surface area contributed by atoms with Gasteiger partial charge in [-0.3, -0.25) is 9.10 Å². The van der Waals surface area contributed by atoms with Gasteiger partial charge in [-0.2, -0.15) is 0 Å². The van der Waals surface area contributed by atoms with E-state index in [0.29, 0.717) is 17.7 Å². The van der Waals surface area contributed by atoms with Gasteiger partial charge in [-0.1, -0.05) is 6.92 Å². The quantitative estimate of drug-likeness (QED) is 0.627. The number of pyridine rings is 1. The molecule has 1 amide bonds. The second kappa shape index (κ2) is 8.39. The summed E-state index contributed by atoms with van der Waals surface area (Å²) in [4.78, 5) is 18.8. The van der Waals surface area contributed by atoms with Gasteiger partial charge in [-0.05, 0) is 30.4 Å². The molecule has 1 aliphatic carbocycles. The number of amides is 1. The monoisotopic (exact) mass is 401 g/mol. The van der Waals surface area contributed by atoms with Crippen molar-refractivity contribution in [2.45, 2.75) is 19.4 Å². The molecular weight excluding hydrogens is 373 g/mol. The van der Waals surface area contributed by atoms with Crippen LogP contribution in [-0.2, 0) is 10.0 Å². The molecule has 0 spiro atoms. The molecule has 3 N–H and O–H groups in total. The number of sulfonamides is 1. The number of hydrogen-bond donors (Lipinski definition) is 2. The van der Waals surface area contributed by atoms with E-state index in [2.05, 4.69) is 17.2 Å². The van der Waals surface area contributed by atoms with Gasteiger partial charge < -0.3 is 16.0 Å². The number of nitrogens with one attached hydrogen (secondary N) is 1.